The molecule has 28 heavy (non-hydrogen) atoms. The van der Waals surface area contributed by atoms with Gasteiger partial charge in [-0.25, -0.2) is 0 Å². The highest BCUT2D eigenvalue weighted by molar-refractivity contribution is 6.30. The maximum Gasteiger partial charge on any atom is 0.289 e. The number of likely N-dealkylation sites (tertiary alicyclic amines) is 1. The molecule has 2 amide bonds. The Balaban J connectivity index is 1.36. The Labute approximate surface area is 168 Å². The quantitative estimate of drug-likeness (QED) is 0.829. The molecule has 1 aromatic carbocycles. The van der Waals surface area contributed by atoms with Gasteiger partial charge in [-0.1, -0.05) is 30.6 Å². The molecule has 0 aliphatic carbocycles. The van der Waals surface area contributed by atoms with E-state index in [0.717, 1.165) is 17.7 Å². The highest BCUT2D eigenvalue weighted by Crippen LogP contribution is 2.38. The third kappa shape index (κ3) is 3.46. The number of hydrogen-bond acceptors (Lipinski definition) is 5. The van der Waals surface area contributed by atoms with Crippen LogP contribution in [0.4, 0.5) is 0 Å². The van der Waals surface area contributed by atoms with E-state index in [2.05, 4.69) is 10.5 Å². The summed E-state index contributed by atoms with van der Waals surface area (Å²) in [6.45, 7) is 5.33. The number of amides is 2. The van der Waals surface area contributed by atoms with Crippen LogP contribution in [0.15, 0.2) is 28.8 Å². The van der Waals surface area contributed by atoms with Crippen LogP contribution < -0.4 is 10.1 Å². The molecule has 2 unspecified atom stereocenters. The van der Waals surface area contributed by atoms with Gasteiger partial charge in [0.15, 0.2) is 0 Å². The molecule has 3 heterocycles. The average molecular weight is 404 g/mol. The monoisotopic (exact) mass is 403 g/mol. The first kappa shape index (κ1) is 18.8. The fourth-order valence-electron chi connectivity index (χ4n) is 3.50. The van der Waals surface area contributed by atoms with Crippen LogP contribution in [0, 0.1) is 0 Å². The molecule has 4 rings (SSSR count). The molecule has 0 spiro atoms. The molecule has 1 N–H and O–H groups in total. The molecule has 0 saturated carbocycles. The standard InChI is InChI=1S/C20H22ClN3O4/c1-11(2)16-8-18(28-23-16)19(25)22-9-13-5-6-24(13)20(26)15-10-27-17-4-3-12(21)7-14(15)17/h3-4,7-8,11,13,15H,5-6,9-10H2,1-2H3,(H,22,25). The summed E-state index contributed by atoms with van der Waals surface area (Å²) in [4.78, 5) is 27.0. The zero-order valence-corrected chi connectivity index (χ0v) is 16.5. The third-order valence-electron chi connectivity index (χ3n) is 5.32. The number of benzene rings is 1. The van der Waals surface area contributed by atoms with Crippen LogP contribution in [0.2, 0.25) is 5.02 Å². The van der Waals surface area contributed by atoms with E-state index in [-0.39, 0.29) is 35.5 Å². The SMILES string of the molecule is CC(C)c1cc(C(=O)NCC2CCN2C(=O)C2COc3ccc(Cl)cc32)on1. The molecule has 0 radical (unpaired) electrons. The van der Waals surface area contributed by atoms with Crippen molar-refractivity contribution in [2.75, 3.05) is 19.7 Å². The Morgan fingerprint density at radius 3 is 2.86 bits per heavy atom. The van der Waals surface area contributed by atoms with Gasteiger partial charge in [-0.15, -0.1) is 0 Å². The first-order valence-electron chi connectivity index (χ1n) is 9.41. The van der Waals surface area contributed by atoms with Crippen molar-refractivity contribution >= 4 is 23.4 Å². The summed E-state index contributed by atoms with van der Waals surface area (Å²) in [5.41, 5.74) is 1.57. The Morgan fingerprint density at radius 2 is 2.18 bits per heavy atom. The number of fused-ring (bicyclic) bond motifs is 1. The molecule has 2 aromatic rings. The van der Waals surface area contributed by atoms with E-state index in [0.29, 0.717) is 30.5 Å². The number of aromatic nitrogens is 1. The van der Waals surface area contributed by atoms with Gasteiger partial charge in [-0.3, -0.25) is 9.59 Å². The predicted molar refractivity (Wildman–Crippen MR) is 103 cm³/mol. The van der Waals surface area contributed by atoms with Crippen LogP contribution in [0.25, 0.3) is 0 Å². The zero-order valence-electron chi connectivity index (χ0n) is 15.8. The molecule has 2 aliphatic heterocycles. The summed E-state index contributed by atoms with van der Waals surface area (Å²) >= 11 is 6.07. The lowest BCUT2D eigenvalue weighted by Crippen LogP contribution is -2.57. The largest absolute Gasteiger partial charge is 0.492 e. The van der Waals surface area contributed by atoms with Crippen molar-refractivity contribution in [1.29, 1.82) is 0 Å². The summed E-state index contributed by atoms with van der Waals surface area (Å²) in [6, 6.07) is 6.96. The van der Waals surface area contributed by atoms with E-state index in [1.807, 2.05) is 13.8 Å². The number of halogens is 1. The van der Waals surface area contributed by atoms with E-state index in [4.69, 9.17) is 20.9 Å². The molecule has 2 aliphatic rings. The molecule has 1 fully saturated rings. The molecular formula is C20H22ClN3O4. The molecule has 2 atom stereocenters. The summed E-state index contributed by atoms with van der Waals surface area (Å²) in [7, 11) is 0. The Morgan fingerprint density at radius 1 is 1.36 bits per heavy atom. The average Bonchev–Trinajstić information content (AvgIpc) is 3.27. The number of carbonyl (C=O) groups is 2. The Kier molecular flexibility index (Phi) is 5.02. The predicted octanol–water partition coefficient (Wildman–Crippen LogP) is 2.96. The van der Waals surface area contributed by atoms with Crippen molar-refractivity contribution < 1.29 is 18.8 Å². The van der Waals surface area contributed by atoms with Gasteiger partial charge in [0.2, 0.25) is 11.7 Å². The topological polar surface area (TPSA) is 84.7 Å². The lowest BCUT2D eigenvalue weighted by Gasteiger charge is -2.42. The molecular weight excluding hydrogens is 382 g/mol. The first-order chi connectivity index (χ1) is 13.4. The van der Waals surface area contributed by atoms with Crippen LogP contribution in [-0.2, 0) is 4.79 Å². The van der Waals surface area contributed by atoms with Crippen molar-refractivity contribution in [3.63, 3.8) is 0 Å². The third-order valence-corrected chi connectivity index (χ3v) is 5.55. The van der Waals surface area contributed by atoms with Crippen LogP contribution >= 0.6 is 11.6 Å². The minimum atomic E-state index is -0.352. The van der Waals surface area contributed by atoms with Crippen molar-refractivity contribution in [2.45, 2.75) is 38.1 Å². The van der Waals surface area contributed by atoms with Crippen molar-refractivity contribution in [1.82, 2.24) is 15.4 Å². The summed E-state index contributed by atoms with van der Waals surface area (Å²) < 4.78 is 10.7. The Bertz CT molecular complexity index is 911. The fraction of sp³-hybridized carbons (Fsp3) is 0.450. The first-order valence-corrected chi connectivity index (χ1v) is 9.79. The van der Waals surface area contributed by atoms with Crippen molar-refractivity contribution in [3.05, 3.63) is 46.3 Å². The lowest BCUT2D eigenvalue weighted by molar-refractivity contribution is -0.140. The van der Waals surface area contributed by atoms with Gasteiger partial charge in [0.25, 0.3) is 5.91 Å². The number of ether oxygens (including phenoxy) is 1. The van der Waals surface area contributed by atoms with Crippen LogP contribution in [0.3, 0.4) is 0 Å². The van der Waals surface area contributed by atoms with Crippen LogP contribution in [-0.4, -0.2) is 47.6 Å². The number of nitrogens with zero attached hydrogens (tertiary/aromatic N) is 2. The number of rotatable bonds is 5. The summed E-state index contributed by atoms with van der Waals surface area (Å²) in [5, 5.41) is 7.32. The van der Waals surface area contributed by atoms with Gasteiger partial charge in [-0.2, -0.15) is 0 Å². The van der Waals surface area contributed by atoms with Gasteiger partial charge in [0.1, 0.15) is 18.3 Å². The second kappa shape index (κ2) is 7.47. The fourth-order valence-corrected chi connectivity index (χ4v) is 3.68. The number of nitrogens with one attached hydrogen (secondary N) is 1. The van der Waals surface area contributed by atoms with E-state index < -0.39 is 0 Å². The van der Waals surface area contributed by atoms with E-state index in [1.165, 1.54) is 0 Å². The minimum Gasteiger partial charge on any atom is -0.492 e. The maximum atomic E-state index is 13.0. The van der Waals surface area contributed by atoms with Crippen LogP contribution in [0.1, 0.15) is 53.9 Å². The van der Waals surface area contributed by atoms with Crippen molar-refractivity contribution in [3.8, 4) is 5.75 Å². The highest BCUT2D eigenvalue weighted by Gasteiger charge is 2.40. The summed E-state index contributed by atoms with van der Waals surface area (Å²) in [5.74, 6) is 0.423. The van der Waals surface area contributed by atoms with Gasteiger partial charge in [0.05, 0.1) is 11.7 Å². The Hall–Kier alpha value is -2.54. The lowest BCUT2D eigenvalue weighted by atomic mass is 9.95. The van der Waals surface area contributed by atoms with E-state index >= 15 is 0 Å². The number of carbonyl (C=O) groups excluding carboxylic acids is 2. The molecule has 1 saturated heterocycles. The second-order valence-electron chi connectivity index (χ2n) is 7.50. The van der Waals surface area contributed by atoms with Crippen molar-refractivity contribution in [2.24, 2.45) is 0 Å². The van der Waals surface area contributed by atoms with Crippen LogP contribution in [0.5, 0.6) is 5.75 Å². The molecule has 8 heteroatoms. The second-order valence-corrected chi connectivity index (χ2v) is 7.94. The van der Waals surface area contributed by atoms with E-state index in [1.54, 1.807) is 29.2 Å². The maximum absolute atomic E-state index is 13.0. The normalized spacial score (nSPS) is 20.5. The smallest absolute Gasteiger partial charge is 0.289 e. The molecule has 148 valence electrons. The zero-order chi connectivity index (χ0) is 19.8. The molecule has 7 nitrogen and oxygen atoms in total. The summed E-state index contributed by atoms with van der Waals surface area (Å²) in [6.07, 6.45) is 0.843. The van der Waals surface area contributed by atoms with Gasteiger partial charge in [-0.05, 0) is 30.5 Å². The molecule has 1 aromatic heterocycles. The number of hydrogen-bond donors (Lipinski definition) is 1. The molecule has 0 bridgehead atoms. The van der Waals surface area contributed by atoms with E-state index in [9.17, 15) is 9.59 Å². The highest BCUT2D eigenvalue weighted by atomic mass is 35.5. The van der Waals surface area contributed by atoms with Gasteiger partial charge in [0, 0.05) is 29.7 Å². The van der Waals surface area contributed by atoms with Gasteiger partial charge >= 0.3 is 0 Å². The minimum absolute atomic E-state index is 0.00766. The van der Waals surface area contributed by atoms with Gasteiger partial charge < -0.3 is 19.5 Å².